The number of benzene rings is 2. The fourth-order valence-corrected chi connectivity index (χ4v) is 3.61. The number of anilines is 1. The lowest BCUT2D eigenvalue weighted by Gasteiger charge is -2.17. The van der Waals surface area contributed by atoms with E-state index in [9.17, 15) is 31.9 Å². The van der Waals surface area contributed by atoms with Gasteiger partial charge < -0.3 is 10.1 Å². The smallest absolute Gasteiger partial charge is 0.376 e. The van der Waals surface area contributed by atoms with Crippen molar-refractivity contribution in [2.75, 3.05) is 18.5 Å². The molecule has 1 saturated heterocycles. The molecule has 6 nitrogen and oxygen atoms in total. The topological polar surface area (TPSA) is 75.7 Å². The van der Waals surface area contributed by atoms with Crippen molar-refractivity contribution in [2.45, 2.75) is 25.1 Å². The van der Waals surface area contributed by atoms with Gasteiger partial charge in [0.25, 0.3) is 17.7 Å². The number of imide groups is 1. The first-order valence-corrected chi connectivity index (χ1v) is 9.45. The number of carbonyl (C=O) groups excluding carboxylic acids is 3. The molecule has 0 radical (unpaired) electrons. The van der Waals surface area contributed by atoms with Crippen LogP contribution in [0, 0.1) is 5.82 Å². The number of amides is 3. The first-order chi connectivity index (χ1) is 14.6. The van der Waals surface area contributed by atoms with E-state index in [1.807, 2.05) is 0 Å². The minimum atomic E-state index is -4.92. The van der Waals surface area contributed by atoms with Crippen LogP contribution in [-0.2, 0) is 10.9 Å². The molecule has 1 fully saturated rings. The summed E-state index contributed by atoms with van der Waals surface area (Å²) in [5, 5.41) is 2.25. The van der Waals surface area contributed by atoms with Gasteiger partial charge in [-0.1, -0.05) is 0 Å². The predicted octanol–water partition coefficient (Wildman–Crippen LogP) is 3.87. The van der Waals surface area contributed by atoms with Crippen LogP contribution in [0.4, 0.5) is 23.2 Å². The van der Waals surface area contributed by atoms with Gasteiger partial charge in [0.2, 0.25) is 0 Å². The van der Waals surface area contributed by atoms with Crippen molar-refractivity contribution < 1.29 is 36.7 Å². The normalized spacial score (nSPS) is 18.5. The van der Waals surface area contributed by atoms with Crippen LogP contribution in [0.3, 0.4) is 0 Å². The third-order valence-electron chi connectivity index (χ3n) is 5.17. The fourth-order valence-electron chi connectivity index (χ4n) is 3.61. The molecule has 0 aliphatic carbocycles. The zero-order valence-corrected chi connectivity index (χ0v) is 16.0. The van der Waals surface area contributed by atoms with E-state index in [0.29, 0.717) is 18.7 Å². The SMILES string of the molecule is O=C(Nc1ccc(F)c(C(F)(F)F)c1)c1ccc2c(c1)C(=O)N(C[C@H]1CCCO1)C2=O. The first-order valence-electron chi connectivity index (χ1n) is 9.45. The molecule has 162 valence electrons. The Morgan fingerprint density at radius 1 is 1.10 bits per heavy atom. The Morgan fingerprint density at radius 3 is 2.52 bits per heavy atom. The molecule has 0 spiro atoms. The van der Waals surface area contributed by atoms with Crippen molar-refractivity contribution in [1.29, 1.82) is 0 Å². The van der Waals surface area contributed by atoms with E-state index in [0.717, 1.165) is 23.8 Å². The highest BCUT2D eigenvalue weighted by Crippen LogP contribution is 2.33. The van der Waals surface area contributed by atoms with Gasteiger partial charge in [0.05, 0.1) is 29.3 Å². The van der Waals surface area contributed by atoms with Crippen molar-refractivity contribution >= 4 is 23.4 Å². The standard InChI is InChI=1S/C21H16F4N2O4/c22-17-6-4-12(9-16(17)21(23,24)25)26-18(28)11-3-5-14-15(8-11)20(30)27(19(14)29)10-13-2-1-7-31-13/h3-6,8-9,13H,1-2,7,10H2,(H,26,28)/t13-/m1/s1. The molecule has 0 unspecified atom stereocenters. The van der Waals surface area contributed by atoms with Gasteiger partial charge in [0.1, 0.15) is 5.82 Å². The second-order valence-corrected chi connectivity index (χ2v) is 7.26. The molecule has 0 saturated carbocycles. The maximum absolute atomic E-state index is 13.4. The van der Waals surface area contributed by atoms with Crippen LogP contribution < -0.4 is 5.32 Å². The van der Waals surface area contributed by atoms with Crippen LogP contribution in [0.1, 0.15) is 49.5 Å². The van der Waals surface area contributed by atoms with Crippen molar-refractivity contribution in [3.05, 3.63) is 64.5 Å². The molecule has 0 aromatic heterocycles. The highest BCUT2D eigenvalue weighted by atomic mass is 19.4. The summed E-state index contributed by atoms with van der Waals surface area (Å²) in [7, 11) is 0. The number of rotatable bonds is 4. The number of halogens is 4. The monoisotopic (exact) mass is 436 g/mol. The summed E-state index contributed by atoms with van der Waals surface area (Å²) in [6.45, 7) is 0.682. The second-order valence-electron chi connectivity index (χ2n) is 7.26. The van der Waals surface area contributed by atoms with Gasteiger partial charge in [-0.05, 0) is 49.2 Å². The van der Waals surface area contributed by atoms with E-state index in [1.165, 1.54) is 18.2 Å². The molecule has 2 aromatic carbocycles. The average molecular weight is 436 g/mol. The summed E-state index contributed by atoms with van der Waals surface area (Å²) in [6.07, 6.45) is -3.57. The zero-order chi connectivity index (χ0) is 22.3. The fraction of sp³-hybridized carbons (Fsp3) is 0.286. The molecule has 2 aliphatic rings. The van der Waals surface area contributed by atoms with E-state index in [4.69, 9.17) is 4.74 Å². The van der Waals surface area contributed by atoms with Crippen LogP contribution in [0.5, 0.6) is 0 Å². The molecule has 2 heterocycles. The van der Waals surface area contributed by atoms with Gasteiger partial charge in [-0.15, -0.1) is 0 Å². The molecular weight excluding hydrogens is 420 g/mol. The number of fused-ring (bicyclic) bond motifs is 1. The molecule has 4 rings (SSSR count). The van der Waals surface area contributed by atoms with E-state index >= 15 is 0 Å². The summed E-state index contributed by atoms with van der Waals surface area (Å²) >= 11 is 0. The Morgan fingerprint density at radius 2 is 1.84 bits per heavy atom. The molecular formula is C21H16F4N2O4. The van der Waals surface area contributed by atoms with E-state index in [1.54, 1.807) is 0 Å². The number of nitrogens with zero attached hydrogens (tertiary/aromatic N) is 1. The van der Waals surface area contributed by atoms with Crippen molar-refractivity contribution in [3.63, 3.8) is 0 Å². The Bertz CT molecular complexity index is 1080. The molecule has 3 amide bonds. The summed E-state index contributed by atoms with van der Waals surface area (Å²) in [4.78, 5) is 38.8. The minimum absolute atomic E-state index is 0.0308. The lowest BCUT2D eigenvalue weighted by atomic mass is 10.1. The third kappa shape index (κ3) is 4.02. The lowest BCUT2D eigenvalue weighted by molar-refractivity contribution is -0.139. The van der Waals surface area contributed by atoms with Crippen LogP contribution in [-0.4, -0.2) is 41.9 Å². The molecule has 2 aromatic rings. The first kappa shape index (κ1) is 21.0. The molecule has 2 aliphatic heterocycles. The average Bonchev–Trinajstić information content (AvgIpc) is 3.31. The number of alkyl halides is 3. The summed E-state index contributed by atoms with van der Waals surface area (Å²) in [5.41, 5.74) is -1.63. The predicted molar refractivity (Wildman–Crippen MR) is 100 cm³/mol. The zero-order valence-electron chi connectivity index (χ0n) is 16.0. The van der Waals surface area contributed by atoms with Gasteiger partial charge in [-0.2, -0.15) is 13.2 Å². The Labute approximate surface area is 173 Å². The second kappa shape index (κ2) is 7.77. The molecule has 31 heavy (non-hydrogen) atoms. The van der Waals surface area contributed by atoms with Crippen LogP contribution in [0.25, 0.3) is 0 Å². The van der Waals surface area contributed by atoms with Crippen LogP contribution in [0.15, 0.2) is 36.4 Å². The molecule has 1 atom stereocenters. The van der Waals surface area contributed by atoms with Gasteiger partial charge in [0.15, 0.2) is 0 Å². The maximum Gasteiger partial charge on any atom is 0.419 e. The number of hydrogen-bond acceptors (Lipinski definition) is 4. The minimum Gasteiger partial charge on any atom is -0.376 e. The Hall–Kier alpha value is -3.27. The quantitative estimate of drug-likeness (QED) is 0.583. The highest BCUT2D eigenvalue weighted by Gasteiger charge is 2.38. The van der Waals surface area contributed by atoms with Gasteiger partial charge >= 0.3 is 6.18 Å². The number of nitrogens with one attached hydrogen (secondary N) is 1. The van der Waals surface area contributed by atoms with Crippen molar-refractivity contribution in [3.8, 4) is 0 Å². The number of ether oxygens (including phenoxy) is 1. The largest absolute Gasteiger partial charge is 0.419 e. The highest BCUT2D eigenvalue weighted by molar-refractivity contribution is 6.22. The summed E-state index contributed by atoms with van der Waals surface area (Å²) in [5.74, 6) is -3.32. The number of carbonyl (C=O) groups is 3. The van der Waals surface area contributed by atoms with Gasteiger partial charge in [-0.25, -0.2) is 4.39 Å². The molecule has 0 bridgehead atoms. The lowest BCUT2D eigenvalue weighted by Crippen LogP contribution is -2.36. The number of hydrogen-bond donors (Lipinski definition) is 1. The molecule has 1 N–H and O–H groups in total. The van der Waals surface area contributed by atoms with Gasteiger partial charge in [-0.3, -0.25) is 19.3 Å². The van der Waals surface area contributed by atoms with Gasteiger partial charge in [0, 0.05) is 17.9 Å². The third-order valence-corrected chi connectivity index (χ3v) is 5.17. The van der Waals surface area contributed by atoms with E-state index in [-0.39, 0.29) is 35.0 Å². The Kier molecular flexibility index (Phi) is 5.26. The van der Waals surface area contributed by atoms with Crippen LogP contribution >= 0.6 is 0 Å². The summed E-state index contributed by atoms with van der Waals surface area (Å²) < 4.78 is 57.5. The Balaban J connectivity index is 1.54. The van der Waals surface area contributed by atoms with E-state index in [2.05, 4.69) is 5.32 Å². The van der Waals surface area contributed by atoms with E-state index < -0.39 is 35.3 Å². The maximum atomic E-state index is 13.4. The summed E-state index contributed by atoms with van der Waals surface area (Å²) in [6, 6.07) is 5.92. The van der Waals surface area contributed by atoms with Crippen molar-refractivity contribution in [1.82, 2.24) is 4.90 Å². The van der Waals surface area contributed by atoms with Crippen molar-refractivity contribution in [2.24, 2.45) is 0 Å². The van der Waals surface area contributed by atoms with Crippen LogP contribution in [0.2, 0.25) is 0 Å². The molecule has 10 heteroatoms.